The van der Waals surface area contributed by atoms with Crippen molar-refractivity contribution in [2.45, 2.75) is 44.4 Å². The van der Waals surface area contributed by atoms with E-state index >= 15 is 0 Å². The average Bonchev–Trinajstić information content (AvgIpc) is 3.27. The van der Waals surface area contributed by atoms with E-state index in [4.69, 9.17) is 0 Å². The van der Waals surface area contributed by atoms with Gasteiger partial charge in [-0.2, -0.15) is 5.10 Å². The molecule has 1 heterocycles. The summed E-state index contributed by atoms with van der Waals surface area (Å²) >= 11 is 0. The molecule has 3 aromatic carbocycles. The highest BCUT2D eigenvalue weighted by molar-refractivity contribution is 7.90. The first-order chi connectivity index (χ1) is 16.9. The van der Waals surface area contributed by atoms with Gasteiger partial charge in [0.05, 0.1) is 16.1 Å². The number of hydrazone groups is 1. The van der Waals surface area contributed by atoms with Gasteiger partial charge < -0.3 is 0 Å². The summed E-state index contributed by atoms with van der Waals surface area (Å²) in [7, 11) is -3.82. The van der Waals surface area contributed by atoms with Crippen molar-refractivity contribution >= 4 is 32.5 Å². The number of fused-ring (bicyclic) bond motifs is 1. The number of benzene rings is 3. The maximum Gasteiger partial charge on any atom is 0.271 e. The number of carbonyl (C=O) groups is 1. The third-order valence-corrected chi connectivity index (χ3v) is 7.60. The number of hydrogen-bond acceptors (Lipinski definition) is 4. The number of nitrogens with one attached hydrogen (secondary N) is 1. The van der Waals surface area contributed by atoms with Crippen molar-refractivity contribution in [1.29, 1.82) is 0 Å². The van der Waals surface area contributed by atoms with Crippen LogP contribution in [0.1, 0.15) is 54.1 Å². The third-order valence-electron chi connectivity index (χ3n) is 5.91. The fourth-order valence-corrected chi connectivity index (χ4v) is 5.34. The van der Waals surface area contributed by atoms with E-state index in [1.165, 1.54) is 3.97 Å². The molecule has 1 amide bonds. The Labute approximate surface area is 206 Å². The van der Waals surface area contributed by atoms with Crippen LogP contribution in [0.4, 0.5) is 0 Å². The normalized spacial score (nSPS) is 12.1. The Bertz CT molecular complexity index is 1450. The molecule has 0 aliphatic rings. The van der Waals surface area contributed by atoms with Gasteiger partial charge in [-0.3, -0.25) is 4.79 Å². The van der Waals surface area contributed by atoms with Crippen LogP contribution in [0.15, 0.2) is 95.1 Å². The maximum absolute atomic E-state index is 13.6. The van der Waals surface area contributed by atoms with Crippen molar-refractivity contribution in [3.05, 3.63) is 102 Å². The van der Waals surface area contributed by atoms with Crippen molar-refractivity contribution in [2.24, 2.45) is 5.10 Å². The fraction of sp³-hybridized carbons (Fsp3) is 0.214. The van der Waals surface area contributed by atoms with Crippen LogP contribution < -0.4 is 5.43 Å². The quantitative estimate of drug-likeness (QED) is 0.181. The summed E-state index contributed by atoms with van der Waals surface area (Å²) in [4.78, 5) is 12.9. The lowest BCUT2D eigenvalue weighted by Gasteiger charge is -2.08. The van der Waals surface area contributed by atoms with Crippen molar-refractivity contribution in [1.82, 2.24) is 9.40 Å². The molecule has 0 spiro atoms. The van der Waals surface area contributed by atoms with Crippen LogP contribution in [0.3, 0.4) is 0 Å². The number of carbonyl (C=O) groups excluding carboxylic acids is 1. The van der Waals surface area contributed by atoms with E-state index in [0.29, 0.717) is 28.8 Å². The zero-order chi connectivity index (χ0) is 24.8. The van der Waals surface area contributed by atoms with Gasteiger partial charge in [-0.25, -0.2) is 17.8 Å². The number of rotatable bonds is 9. The van der Waals surface area contributed by atoms with Crippen molar-refractivity contribution in [2.75, 3.05) is 0 Å². The molecule has 0 aliphatic heterocycles. The second kappa shape index (κ2) is 10.7. The van der Waals surface area contributed by atoms with Crippen molar-refractivity contribution < 1.29 is 13.2 Å². The van der Waals surface area contributed by atoms with Gasteiger partial charge in [0.1, 0.15) is 0 Å². The Balaban J connectivity index is 1.79. The molecule has 0 radical (unpaired) electrons. The molecule has 35 heavy (non-hydrogen) atoms. The number of unbranched alkanes of at least 4 members (excludes halogenated alkanes) is 2. The van der Waals surface area contributed by atoms with E-state index in [1.54, 1.807) is 60.8 Å². The smallest absolute Gasteiger partial charge is 0.267 e. The van der Waals surface area contributed by atoms with Crippen LogP contribution >= 0.6 is 0 Å². The lowest BCUT2D eigenvalue weighted by atomic mass is 10.0. The zero-order valence-corrected chi connectivity index (χ0v) is 20.8. The molecule has 0 fully saturated rings. The van der Waals surface area contributed by atoms with Crippen LogP contribution in [-0.2, 0) is 10.0 Å². The van der Waals surface area contributed by atoms with E-state index < -0.39 is 10.0 Å². The summed E-state index contributed by atoms with van der Waals surface area (Å²) in [5, 5.41) is 5.25. The standard InChI is InChI=1S/C28H29N3O3S/c1-3-4-6-14-26(29-30-28(32)22-11-7-5-8-12-22)25-20-31(27-15-10-9-13-24(25)27)35(33,34)23-18-16-21(2)17-19-23/h5,7-13,15-20H,3-4,6,14H2,1-2H3,(H,30,32)/b29-26+. The molecule has 6 nitrogen and oxygen atoms in total. The number of hydrogen-bond donors (Lipinski definition) is 1. The molecule has 0 unspecified atom stereocenters. The lowest BCUT2D eigenvalue weighted by Crippen LogP contribution is -2.20. The van der Waals surface area contributed by atoms with Gasteiger partial charge in [0, 0.05) is 22.7 Å². The lowest BCUT2D eigenvalue weighted by molar-refractivity contribution is 0.0954. The largest absolute Gasteiger partial charge is 0.271 e. The molecule has 7 heteroatoms. The molecule has 0 atom stereocenters. The van der Waals surface area contributed by atoms with Gasteiger partial charge in [-0.05, 0) is 50.1 Å². The third kappa shape index (κ3) is 5.35. The summed E-state index contributed by atoms with van der Waals surface area (Å²) in [6.07, 6.45) is 5.15. The predicted octanol–water partition coefficient (Wildman–Crippen LogP) is 5.90. The summed E-state index contributed by atoms with van der Waals surface area (Å²) in [6.45, 7) is 4.04. The second-order valence-corrected chi connectivity index (χ2v) is 10.3. The highest BCUT2D eigenvalue weighted by atomic mass is 32.2. The molecule has 180 valence electrons. The topological polar surface area (TPSA) is 80.5 Å². The van der Waals surface area contributed by atoms with Crippen LogP contribution in [0, 0.1) is 6.92 Å². The minimum atomic E-state index is -3.82. The summed E-state index contributed by atoms with van der Waals surface area (Å²) in [5.74, 6) is -0.311. The van der Waals surface area contributed by atoms with Gasteiger partial charge in [0.2, 0.25) is 0 Å². The molecule has 0 bridgehead atoms. The van der Waals surface area contributed by atoms with E-state index in [2.05, 4.69) is 17.5 Å². The Morgan fingerprint density at radius 3 is 2.31 bits per heavy atom. The van der Waals surface area contributed by atoms with Gasteiger partial charge in [0.15, 0.2) is 0 Å². The second-order valence-electron chi connectivity index (χ2n) is 8.50. The molecule has 0 saturated heterocycles. The van der Waals surface area contributed by atoms with Gasteiger partial charge >= 0.3 is 0 Å². The number of nitrogens with zero attached hydrogens (tertiary/aromatic N) is 2. The highest BCUT2D eigenvalue weighted by Gasteiger charge is 2.23. The van der Waals surface area contributed by atoms with E-state index in [1.807, 2.05) is 31.2 Å². The zero-order valence-electron chi connectivity index (χ0n) is 19.9. The Morgan fingerprint density at radius 1 is 0.914 bits per heavy atom. The SMILES string of the molecule is CCCCC/C(=N\NC(=O)c1ccccc1)c1cn(S(=O)(=O)c2ccc(C)cc2)c2ccccc12. The predicted molar refractivity (Wildman–Crippen MR) is 140 cm³/mol. The Hall–Kier alpha value is -3.71. The van der Waals surface area contributed by atoms with Crippen molar-refractivity contribution in [3.8, 4) is 0 Å². The van der Waals surface area contributed by atoms with Gasteiger partial charge in [-0.1, -0.05) is 73.9 Å². The maximum atomic E-state index is 13.6. The minimum Gasteiger partial charge on any atom is -0.267 e. The molecule has 4 rings (SSSR count). The Morgan fingerprint density at radius 2 is 1.60 bits per heavy atom. The molecule has 1 aromatic heterocycles. The molecule has 4 aromatic rings. The Kier molecular flexibility index (Phi) is 7.46. The van der Waals surface area contributed by atoms with E-state index in [0.717, 1.165) is 30.2 Å². The monoisotopic (exact) mass is 487 g/mol. The molecule has 0 aliphatic carbocycles. The van der Waals surface area contributed by atoms with Gasteiger partial charge in [-0.15, -0.1) is 0 Å². The summed E-state index contributed by atoms with van der Waals surface area (Å²) < 4.78 is 28.4. The van der Waals surface area contributed by atoms with Crippen LogP contribution in [0.25, 0.3) is 10.9 Å². The molecular weight excluding hydrogens is 458 g/mol. The van der Waals surface area contributed by atoms with E-state index in [9.17, 15) is 13.2 Å². The number of aromatic nitrogens is 1. The molecule has 0 saturated carbocycles. The van der Waals surface area contributed by atoms with Crippen LogP contribution in [-0.4, -0.2) is 24.0 Å². The van der Waals surface area contributed by atoms with Crippen LogP contribution in [0.5, 0.6) is 0 Å². The first kappa shape index (κ1) is 24.4. The number of amides is 1. The fourth-order valence-electron chi connectivity index (χ4n) is 3.97. The van der Waals surface area contributed by atoms with Crippen LogP contribution in [0.2, 0.25) is 0 Å². The number of para-hydroxylation sites is 1. The van der Waals surface area contributed by atoms with Gasteiger partial charge in [0.25, 0.3) is 15.9 Å². The summed E-state index contributed by atoms with van der Waals surface area (Å²) in [5.41, 5.74) is 6.08. The summed E-state index contributed by atoms with van der Waals surface area (Å²) in [6, 6.07) is 23.1. The molecular formula is C28H29N3O3S. The average molecular weight is 488 g/mol. The number of aryl methyl sites for hydroxylation is 1. The highest BCUT2D eigenvalue weighted by Crippen LogP contribution is 2.28. The first-order valence-electron chi connectivity index (χ1n) is 11.8. The first-order valence-corrected chi connectivity index (χ1v) is 13.2. The minimum absolute atomic E-state index is 0.220. The molecule has 1 N–H and O–H groups in total. The van der Waals surface area contributed by atoms with Crippen molar-refractivity contribution in [3.63, 3.8) is 0 Å². The van der Waals surface area contributed by atoms with E-state index in [-0.39, 0.29) is 10.8 Å².